The molecule has 0 fully saturated rings. The largest absolute Gasteiger partial charge is 0.440 e. The highest BCUT2D eigenvalue weighted by Gasteiger charge is 2.16. The Morgan fingerprint density at radius 3 is 2.69 bits per heavy atom. The van der Waals surface area contributed by atoms with Gasteiger partial charge in [0.05, 0.1) is 6.61 Å². The van der Waals surface area contributed by atoms with Crippen LogP contribution in [0.3, 0.4) is 0 Å². The highest BCUT2D eigenvalue weighted by Crippen LogP contribution is 2.26. The number of hydrogen-bond donors (Lipinski definition) is 1. The molecule has 1 aromatic heterocycles. The number of aliphatic hydroxyl groups excluding tert-OH is 1. The van der Waals surface area contributed by atoms with E-state index in [1.165, 1.54) is 0 Å². The Bertz CT molecular complexity index is 488. The maximum absolute atomic E-state index is 9.04. The maximum atomic E-state index is 9.04. The van der Waals surface area contributed by atoms with Crippen LogP contribution < -0.4 is 0 Å². The van der Waals surface area contributed by atoms with Crippen LogP contribution in [-0.2, 0) is 6.61 Å². The number of aliphatic hydroxyl groups is 1. The van der Waals surface area contributed by atoms with Crippen molar-refractivity contribution in [1.82, 2.24) is 4.98 Å². The van der Waals surface area contributed by atoms with Gasteiger partial charge in [-0.1, -0.05) is 26.8 Å². The Hall–Kier alpha value is -1.35. The molecule has 0 aliphatic carbocycles. The van der Waals surface area contributed by atoms with Gasteiger partial charge in [-0.25, -0.2) is 4.98 Å². The molecule has 0 radical (unpaired) electrons. The molecular formula is C13H17NO2. The molecule has 0 saturated heterocycles. The van der Waals surface area contributed by atoms with E-state index in [1.54, 1.807) is 0 Å². The summed E-state index contributed by atoms with van der Waals surface area (Å²) in [5, 5.41) is 9.04. The van der Waals surface area contributed by atoms with E-state index in [-0.39, 0.29) is 6.61 Å². The van der Waals surface area contributed by atoms with Crippen LogP contribution in [0.2, 0.25) is 0 Å². The molecule has 0 aliphatic rings. The molecule has 2 aromatic rings. The van der Waals surface area contributed by atoms with Crippen LogP contribution in [0.4, 0.5) is 0 Å². The Morgan fingerprint density at radius 2 is 2.06 bits per heavy atom. The fourth-order valence-electron chi connectivity index (χ4n) is 1.57. The van der Waals surface area contributed by atoms with E-state index in [1.807, 2.05) is 18.2 Å². The second-order valence-corrected chi connectivity index (χ2v) is 4.54. The van der Waals surface area contributed by atoms with Gasteiger partial charge in [-0.3, -0.25) is 0 Å². The number of fused-ring (bicyclic) bond motifs is 1. The third-order valence-electron chi connectivity index (χ3n) is 3.04. The molecule has 0 saturated carbocycles. The average molecular weight is 219 g/mol. The van der Waals surface area contributed by atoms with Gasteiger partial charge < -0.3 is 9.52 Å². The van der Waals surface area contributed by atoms with E-state index in [0.29, 0.717) is 11.8 Å². The van der Waals surface area contributed by atoms with Crippen molar-refractivity contribution in [2.45, 2.75) is 33.3 Å². The number of benzene rings is 1. The quantitative estimate of drug-likeness (QED) is 0.862. The molecule has 1 atom stereocenters. The molecule has 0 aliphatic heterocycles. The van der Waals surface area contributed by atoms with E-state index in [9.17, 15) is 0 Å². The summed E-state index contributed by atoms with van der Waals surface area (Å²) in [6.45, 7) is 6.46. The minimum atomic E-state index is 0.0396. The third kappa shape index (κ3) is 1.95. The van der Waals surface area contributed by atoms with E-state index < -0.39 is 0 Å². The summed E-state index contributed by atoms with van der Waals surface area (Å²) in [5.74, 6) is 1.59. The average Bonchev–Trinajstić information content (AvgIpc) is 2.69. The number of hydrogen-bond acceptors (Lipinski definition) is 3. The highest BCUT2D eigenvalue weighted by molar-refractivity contribution is 5.73. The first kappa shape index (κ1) is 11.1. The number of nitrogens with zero attached hydrogens (tertiary/aromatic N) is 1. The van der Waals surface area contributed by atoms with Gasteiger partial charge in [-0.05, 0) is 23.6 Å². The summed E-state index contributed by atoms with van der Waals surface area (Å²) in [4.78, 5) is 4.46. The summed E-state index contributed by atoms with van der Waals surface area (Å²) >= 11 is 0. The van der Waals surface area contributed by atoms with Crippen LogP contribution in [0.15, 0.2) is 22.6 Å². The van der Waals surface area contributed by atoms with Crippen molar-refractivity contribution in [2.75, 3.05) is 0 Å². The van der Waals surface area contributed by atoms with Crippen molar-refractivity contribution in [3.05, 3.63) is 29.7 Å². The van der Waals surface area contributed by atoms with Crippen LogP contribution in [-0.4, -0.2) is 10.1 Å². The van der Waals surface area contributed by atoms with Gasteiger partial charge in [0.1, 0.15) is 5.52 Å². The lowest BCUT2D eigenvalue weighted by molar-refractivity contribution is 0.282. The van der Waals surface area contributed by atoms with Crippen molar-refractivity contribution in [3.63, 3.8) is 0 Å². The monoisotopic (exact) mass is 219 g/mol. The van der Waals surface area contributed by atoms with E-state index in [0.717, 1.165) is 22.6 Å². The maximum Gasteiger partial charge on any atom is 0.198 e. The van der Waals surface area contributed by atoms with Gasteiger partial charge in [0.25, 0.3) is 0 Å². The second-order valence-electron chi connectivity index (χ2n) is 4.54. The zero-order chi connectivity index (χ0) is 11.7. The number of oxazole rings is 1. The lowest BCUT2D eigenvalue weighted by atomic mass is 9.98. The van der Waals surface area contributed by atoms with Crippen molar-refractivity contribution in [3.8, 4) is 0 Å². The zero-order valence-corrected chi connectivity index (χ0v) is 9.90. The first-order chi connectivity index (χ1) is 7.61. The second kappa shape index (κ2) is 4.26. The highest BCUT2D eigenvalue weighted by atomic mass is 16.3. The number of aromatic nitrogens is 1. The van der Waals surface area contributed by atoms with Gasteiger partial charge in [0.2, 0.25) is 0 Å². The molecule has 0 spiro atoms. The Kier molecular flexibility index (Phi) is 2.97. The standard InChI is InChI=1S/C13H17NO2/c1-8(2)9(3)13-14-11-6-10(7-15)4-5-12(11)16-13/h4-6,8-9,15H,7H2,1-3H3. The molecule has 1 N–H and O–H groups in total. The van der Waals surface area contributed by atoms with E-state index >= 15 is 0 Å². The van der Waals surface area contributed by atoms with Gasteiger partial charge in [0, 0.05) is 5.92 Å². The molecule has 3 heteroatoms. The normalized spacial score (nSPS) is 13.6. The van der Waals surface area contributed by atoms with E-state index in [2.05, 4.69) is 25.8 Å². The van der Waals surface area contributed by atoms with E-state index in [4.69, 9.17) is 9.52 Å². The first-order valence-electron chi connectivity index (χ1n) is 5.62. The summed E-state index contributed by atoms with van der Waals surface area (Å²) < 4.78 is 5.70. The fraction of sp³-hybridized carbons (Fsp3) is 0.462. The van der Waals surface area contributed by atoms with Gasteiger partial charge in [-0.15, -0.1) is 0 Å². The smallest absolute Gasteiger partial charge is 0.198 e. The SMILES string of the molecule is CC(C)C(C)c1nc2cc(CO)ccc2o1. The molecule has 1 unspecified atom stereocenters. The van der Waals surface area contributed by atoms with Crippen LogP contribution in [0.25, 0.3) is 11.1 Å². The predicted molar refractivity (Wildman–Crippen MR) is 63.2 cm³/mol. The molecule has 1 aromatic carbocycles. The molecular weight excluding hydrogens is 202 g/mol. The molecule has 1 heterocycles. The van der Waals surface area contributed by atoms with Crippen molar-refractivity contribution >= 4 is 11.1 Å². The minimum Gasteiger partial charge on any atom is -0.440 e. The summed E-state index contributed by atoms with van der Waals surface area (Å²) in [6.07, 6.45) is 0. The van der Waals surface area contributed by atoms with Crippen LogP contribution >= 0.6 is 0 Å². The molecule has 86 valence electrons. The molecule has 0 bridgehead atoms. The zero-order valence-electron chi connectivity index (χ0n) is 9.90. The third-order valence-corrected chi connectivity index (χ3v) is 3.04. The molecule has 2 rings (SSSR count). The molecule has 0 amide bonds. The summed E-state index contributed by atoms with van der Waals surface area (Å²) in [6, 6.07) is 5.59. The van der Waals surface area contributed by atoms with Crippen LogP contribution in [0.1, 0.15) is 38.1 Å². The Labute approximate surface area is 95.1 Å². The molecule has 3 nitrogen and oxygen atoms in total. The summed E-state index contributed by atoms with van der Waals surface area (Å²) in [7, 11) is 0. The van der Waals surface area contributed by atoms with Crippen molar-refractivity contribution < 1.29 is 9.52 Å². The van der Waals surface area contributed by atoms with Gasteiger partial charge >= 0.3 is 0 Å². The number of rotatable bonds is 3. The fourth-order valence-corrected chi connectivity index (χ4v) is 1.57. The molecule has 16 heavy (non-hydrogen) atoms. The van der Waals surface area contributed by atoms with Crippen LogP contribution in [0.5, 0.6) is 0 Å². The Balaban J connectivity index is 2.43. The lowest BCUT2D eigenvalue weighted by Gasteiger charge is -2.09. The lowest BCUT2D eigenvalue weighted by Crippen LogP contribution is -2.01. The van der Waals surface area contributed by atoms with Crippen molar-refractivity contribution in [1.29, 1.82) is 0 Å². The van der Waals surface area contributed by atoms with Gasteiger partial charge in [-0.2, -0.15) is 0 Å². The van der Waals surface area contributed by atoms with Gasteiger partial charge in [0.15, 0.2) is 11.5 Å². The predicted octanol–water partition coefficient (Wildman–Crippen LogP) is 3.08. The Morgan fingerprint density at radius 1 is 1.31 bits per heavy atom. The van der Waals surface area contributed by atoms with Crippen molar-refractivity contribution in [2.24, 2.45) is 5.92 Å². The minimum absolute atomic E-state index is 0.0396. The first-order valence-corrected chi connectivity index (χ1v) is 5.62. The van der Waals surface area contributed by atoms with Crippen LogP contribution in [0, 0.1) is 5.92 Å². The topological polar surface area (TPSA) is 46.3 Å². The summed E-state index contributed by atoms with van der Waals surface area (Å²) in [5.41, 5.74) is 2.48.